The van der Waals surface area contributed by atoms with Crippen molar-refractivity contribution in [1.82, 2.24) is 4.98 Å². The largest absolute Gasteiger partial charge is 0.388 e. The zero-order valence-corrected chi connectivity index (χ0v) is 11.3. The summed E-state index contributed by atoms with van der Waals surface area (Å²) in [6.07, 6.45) is 9.27. The van der Waals surface area contributed by atoms with Gasteiger partial charge >= 0.3 is 0 Å². The minimum absolute atomic E-state index is 0.131. The lowest BCUT2D eigenvalue weighted by Gasteiger charge is -2.58. The number of aliphatic hydroxyl groups excluding tert-OH is 1. The molecule has 0 spiro atoms. The zero-order chi connectivity index (χ0) is 13.0. The minimum Gasteiger partial charge on any atom is -0.388 e. The first-order chi connectivity index (χ1) is 9.14. The van der Waals surface area contributed by atoms with Crippen LogP contribution in [0.3, 0.4) is 0 Å². The van der Waals surface area contributed by atoms with E-state index in [-0.39, 0.29) is 11.5 Å². The van der Waals surface area contributed by atoms with Crippen molar-refractivity contribution < 1.29 is 5.11 Å². The van der Waals surface area contributed by atoms with E-state index in [1.807, 2.05) is 6.07 Å². The molecule has 102 valence electrons. The number of rotatable bonds is 2. The predicted molar refractivity (Wildman–Crippen MR) is 74.2 cm³/mol. The van der Waals surface area contributed by atoms with Crippen LogP contribution in [0.5, 0.6) is 0 Å². The maximum absolute atomic E-state index is 10.9. The summed E-state index contributed by atoms with van der Waals surface area (Å²) >= 11 is 0. The molecule has 4 aliphatic carbocycles. The van der Waals surface area contributed by atoms with Crippen LogP contribution >= 0.6 is 0 Å². The van der Waals surface area contributed by atoms with Gasteiger partial charge in [-0.1, -0.05) is 6.07 Å². The second-order valence-electron chi connectivity index (χ2n) is 7.20. The van der Waals surface area contributed by atoms with Crippen molar-refractivity contribution in [3.05, 3.63) is 23.9 Å². The van der Waals surface area contributed by atoms with Gasteiger partial charge in [-0.3, -0.25) is 0 Å². The van der Waals surface area contributed by atoms with E-state index in [2.05, 4.69) is 4.98 Å². The average Bonchev–Trinajstić information content (AvgIpc) is 2.37. The molecule has 0 saturated heterocycles. The molecule has 1 aromatic heterocycles. The van der Waals surface area contributed by atoms with Crippen molar-refractivity contribution in [2.45, 2.75) is 44.6 Å². The first-order valence-corrected chi connectivity index (χ1v) is 7.54. The van der Waals surface area contributed by atoms with Crippen LogP contribution in [0.2, 0.25) is 0 Å². The topological polar surface area (TPSA) is 59.1 Å². The van der Waals surface area contributed by atoms with E-state index in [1.54, 1.807) is 12.3 Å². The molecule has 3 N–H and O–H groups in total. The van der Waals surface area contributed by atoms with Gasteiger partial charge in [0.05, 0.1) is 6.10 Å². The van der Waals surface area contributed by atoms with Crippen molar-refractivity contribution in [2.75, 3.05) is 5.73 Å². The third kappa shape index (κ3) is 1.78. The molecule has 5 rings (SSSR count). The molecule has 0 aromatic carbocycles. The summed E-state index contributed by atoms with van der Waals surface area (Å²) in [5.41, 5.74) is 6.73. The molecule has 0 aliphatic heterocycles. The minimum atomic E-state index is -0.353. The number of anilines is 1. The average molecular weight is 258 g/mol. The number of hydrogen-bond donors (Lipinski definition) is 2. The molecule has 1 unspecified atom stereocenters. The normalized spacial score (nSPS) is 41.4. The number of nitrogens with zero attached hydrogens (tertiary/aromatic N) is 1. The SMILES string of the molecule is Nc1ccc(C(O)C23CC4CC(CC(C4)C2)C3)cn1. The molecule has 0 amide bonds. The van der Waals surface area contributed by atoms with Gasteiger partial charge in [0.25, 0.3) is 0 Å². The molecular formula is C16H22N2O. The van der Waals surface area contributed by atoms with Crippen LogP contribution < -0.4 is 5.73 Å². The summed E-state index contributed by atoms with van der Waals surface area (Å²) in [5, 5.41) is 10.9. The second-order valence-corrected chi connectivity index (χ2v) is 7.20. The molecule has 4 fully saturated rings. The Bertz CT molecular complexity index is 447. The third-order valence-corrected chi connectivity index (χ3v) is 5.79. The monoisotopic (exact) mass is 258 g/mol. The maximum atomic E-state index is 10.9. The fraction of sp³-hybridized carbons (Fsp3) is 0.688. The van der Waals surface area contributed by atoms with Gasteiger partial charge in [-0.2, -0.15) is 0 Å². The second kappa shape index (κ2) is 3.95. The van der Waals surface area contributed by atoms with Crippen LogP contribution in [0.4, 0.5) is 5.82 Å². The van der Waals surface area contributed by atoms with Gasteiger partial charge in [-0.05, 0) is 67.9 Å². The Morgan fingerprint density at radius 1 is 1.11 bits per heavy atom. The third-order valence-electron chi connectivity index (χ3n) is 5.79. The number of nitrogens with two attached hydrogens (primary N) is 1. The highest BCUT2D eigenvalue weighted by atomic mass is 16.3. The molecule has 1 atom stereocenters. The number of aromatic nitrogens is 1. The highest BCUT2D eigenvalue weighted by molar-refractivity contribution is 5.31. The van der Waals surface area contributed by atoms with Crippen molar-refractivity contribution in [3.63, 3.8) is 0 Å². The van der Waals surface area contributed by atoms with E-state index in [0.717, 1.165) is 23.3 Å². The summed E-state index contributed by atoms with van der Waals surface area (Å²) in [6, 6.07) is 3.75. The van der Waals surface area contributed by atoms with E-state index in [0.29, 0.717) is 5.82 Å². The first kappa shape index (κ1) is 11.7. The van der Waals surface area contributed by atoms with Crippen molar-refractivity contribution in [3.8, 4) is 0 Å². The summed E-state index contributed by atoms with van der Waals surface area (Å²) < 4.78 is 0. The molecule has 4 aliphatic rings. The molecule has 3 nitrogen and oxygen atoms in total. The van der Waals surface area contributed by atoms with Gasteiger partial charge in [0.2, 0.25) is 0 Å². The Morgan fingerprint density at radius 2 is 1.68 bits per heavy atom. The highest BCUT2D eigenvalue weighted by Gasteiger charge is 2.54. The van der Waals surface area contributed by atoms with Gasteiger partial charge < -0.3 is 10.8 Å². The van der Waals surface area contributed by atoms with Crippen LogP contribution in [-0.4, -0.2) is 10.1 Å². The Morgan fingerprint density at radius 3 is 2.16 bits per heavy atom. The van der Waals surface area contributed by atoms with Crippen LogP contribution in [0.25, 0.3) is 0 Å². The van der Waals surface area contributed by atoms with Gasteiger partial charge in [0.1, 0.15) is 5.82 Å². The van der Waals surface area contributed by atoms with Crippen LogP contribution in [0.1, 0.15) is 50.2 Å². The number of pyridine rings is 1. The van der Waals surface area contributed by atoms with Gasteiger partial charge in [-0.15, -0.1) is 0 Å². The fourth-order valence-corrected chi connectivity index (χ4v) is 5.44. The standard InChI is InChI=1S/C16H22N2O/c17-14-2-1-13(9-18-14)15(19)16-6-10-3-11(7-16)5-12(4-10)8-16/h1-2,9-12,15,19H,3-8H2,(H2,17,18). The zero-order valence-electron chi connectivity index (χ0n) is 11.3. The maximum Gasteiger partial charge on any atom is 0.123 e. The summed E-state index contributed by atoms with van der Waals surface area (Å²) in [7, 11) is 0. The Balaban J connectivity index is 1.65. The summed E-state index contributed by atoms with van der Waals surface area (Å²) in [6.45, 7) is 0. The van der Waals surface area contributed by atoms with Crippen molar-refractivity contribution >= 4 is 5.82 Å². The van der Waals surface area contributed by atoms with Gasteiger partial charge in [0, 0.05) is 11.6 Å². The molecule has 19 heavy (non-hydrogen) atoms. The number of hydrogen-bond acceptors (Lipinski definition) is 3. The molecule has 4 saturated carbocycles. The summed E-state index contributed by atoms with van der Waals surface area (Å²) in [5.74, 6) is 3.12. The molecular weight excluding hydrogens is 236 g/mol. The smallest absolute Gasteiger partial charge is 0.123 e. The number of nitrogen functional groups attached to an aromatic ring is 1. The first-order valence-electron chi connectivity index (χ1n) is 7.54. The van der Waals surface area contributed by atoms with E-state index in [1.165, 1.54) is 38.5 Å². The Hall–Kier alpha value is -1.09. The van der Waals surface area contributed by atoms with Crippen LogP contribution in [0.15, 0.2) is 18.3 Å². The molecule has 4 bridgehead atoms. The van der Waals surface area contributed by atoms with Crippen molar-refractivity contribution in [1.29, 1.82) is 0 Å². The van der Waals surface area contributed by atoms with Crippen LogP contribution in [-0.2, 0) is 0 Å². The lowest BCUT2D eigenvalue weighted by Crippen LogP contribution is -2.48. The molecule has 1 aromatic rings. The van der Waals surface area contributed by atoms with Crippen molar-refractivity contribution in [2.24, 2.45) is 23.2 Å². The van der Waals surface area contributed by atoms with Crippen LogP contribution in [0, 0.1) is 23.2 Å². The molecule has 1 heterocycles. The molecule has 3 heteroatoms. The lowest BCUT2D eigenvalue weighted by molar-refractivity contribution is -0.122. The Labute approximate surface area is 114 Å². The molecule has 0 radical (unpaired) electrons. The fourth-order valence-electron chi connectivity index (χ4n) is 5.44. The highest BCUT2D eigenvalue weighted by Crippen LogP contribution is 2.63. The Kier molecular flexibility index (Phi) is 2.44. The van der Waals surface area contributed by atoms with E-state index in [9.17, 15) is 5.11 Å². The van der Waals surface area contributed by atoms with E-state index < -0.39 is 0 Å². The van der Waals surface area contributed by atoms with Gasteiger partial charge in [0.15, 0.2) is 0 Å². The summed E-state index contributed by atoms with van der Waals surface area (Å²) in [4.78, 5) is 4.15. The number of aliphatic hydroxyl groups is 1. The predicted octanol–water partition coefficient (Wildman–Crippen LogP) is 2.91. The van der Waals surface area contributed by atoms with E-state index in [4.69, 9.17) is 5.73 Å². The lowest BCUT2D eigenvalue weighted by atomic mass is 9.48. The quantitative estimate of drug-likeness (QED) is 0.857. The van der Waals surface area contributed by atoms with E-state index >= 15 is 0 Å². The van der Waals surface area contributed by atoms with Gasteiger partial charge in [-0.25, -0.2) is 4.98 Å².